The van der Waals surface area contributed by atoms with Crippen molar-refractivity contribution in [3.05, 3.63) is 63.7 Å². The van der Waals surface area contributed by atoms with Gasteiger partial charge in [0, 0.05) is 23.4 Å². The van der Waals surface area contributed by atoms with Crippen LogP contribution in [0.2, 0.25) is 5.02 Å². The van der Waals surface area contributed by atoms with Crippen molar-refractivity contribution in [2.24, 2.45) is 0 Å². The Labute approximate surface area is 174 Å². The summed E-state index contributed by atoms with van der Waals surface area (Å²) in [6.07, 6.45) is 4.43. The Hall–Kier alpha value is -2.86. The van der Waals surface area contributed by atoms with Gasteiger partial charge in [-0.1, -0.05) is 23.7 Å². The molecule has 0 fully saturated rings. The number of ether oxygens (including phenoxy) is 1. The van der Waals surface area contributed by atoms with Crippen molar-refractivity contribution in [1.82, 2.24) is 10.9 Å². The molecule has 0 heterocycles. The second-order valence-electron chi connectivity index (χ2n) is 6.96. The first-order valence-corrected chi connectivity index (χ1v) is 9.93. The van der Waals surface area contributed by atoms with Gasteiger partial charge in [-0.3, -0.25) is 25.2 Å². The molecule has 29 heavy (non-hydrogen) atoms. The fourth-order valence-corrected chi connectivity index (χ4v) is 3.56. The van der Waals surface area contributed by atoms with Crippen LogP contribution in [-0.2, 0) is 17.6 Å². The Balaban J connectivity index is 1.50. The number of carbonyl (C=O) groups excluding carboxylic acids is 3. The highest BCUT2D eigenvalue weighted by atomic mass is 35.5. The van der Waals surface area contributed by atoms with Gasteiger partial charge < -0.3 is 4.74 Å². The molecule has 2 aromatic carbocycles. The van der Waals surface area contributed by atoms with Crippen molar-refractivity contribution in [2.45, 2.75) is 38.5 Å². The third-order valence-corrected chi connectivity index (χ3v) is 5.21. The van der Waals surface area contributed by atoms with E-state index in [-0.39, 0.29) is 24.2 Å². The van der Waals surface area contributed by atoms with Crippen LogP contribution in [0.3, 0.4) is 0 Å². The van der Waals surface area contributed by atoms with E-state index in [0.29, 0.717) is 16.3 Å². The quantitative estimate of drug-likeness (QED) is 0.558. The molecule has 0 saturated heterocycles. The predicted molar refractivity (Wildman–Crippen MR) is 110 cm³/mol. The van der Waals surface area contributed by atoms with E-state index >= 15 is 0 Å². The van der Waals surface area contributed by atoms with Crippen LogP contribution >= 0.6 is 11.6 Å². The molecule has 0 radical (unpaired) electrons. The molecule has 1 aliphatic carbocycles. The highest BCUT2D eigenvalue weighted by Gasteiger charge is 2.16. The minimum Gasteiger partial charge on any atom is -0.496 e. The maximum Gasteiger partial charge on any atom is 0.273 e. The van der Waals surface area contributed by atoms with Crippen LogP contribution < -0.4 is 15.6 Å². The van der Waals surface area contributed by atoms with Crippen LogP contribution in [0, 0.1) is 0 Å². The number of amides is 2. The zero-order valence-corrected chi connectivity index (χ0v) is 17.0. The smallest absolute Gasteiger partial charge is 0.273 e. The van der Waals surface area contributed by atoms with E-state index in [4.69, 9.17) is 16.3 Å². The molecule has 0 spiro atoms. The summed E-state index contributed by atoms with van der Waals surface area (Å²) in [4.78, 5) is 36.7. The van der Waals surface area contributed by atoms with Crippen LogP contribution in [0.25, 0.3) is 0 Å². The Morgan fingerprint density at radius 1 is 0.966 bits per heavy atom. The molecule has 0 aliphatic heterocycles. The fraction of sp³-hybridized carbons (Fsp3) is 0.318. The molecule has 1 aliphatic rings. The van der Waals surface area contributed by atoms with Crippen molar-refractivity contribution in [3.8, 4) is 5.75 Å². The molecule has 0 unspecified atom stereocenters. The SMILES string of the molecule is COc1ccc(Cl)cc1C(=O)NNC(=O)CCC(=O)c1ccc2c(c1)CCCC2. The number of methoxy groups -OCH3 is 1. The zero-order chi connectivity index (χ0) is 20.8. The van der Waals surface area contributed by atoms with Crippen LogP contribution in [0.15, 0.2) is 36.4 Å². The first-order chi connectivity index (χ1) is 14.0. The van der Waals surface area contributed by atoms with Crippen molar-refractivity contribution >= 4 is 29.2 Å². The van der Waals surface area contributed by atoms with E-state index in [1.165, 1.54) is 30.7 Å². The lowest BCUT2D eigenvalue weighted by Gasteiger charge is -2.16. The molecule has 3 rings (SSSR count). The molecule has 2 amide bonds. The Bertz CT molecular complexity index is 942. The lowest BCUT2D eigenvalue weighted by Crippen LogP contribution is -2.41. The van der Waals surface area contributed by atoms with E-state index in [9.17, 15) is 14.4 Å². The minimum absolute atomic E-state index is 0.0249. The lowest BCUT2D eigenvalue weighted by molar-refractivity contribution is -0.121. The van der Waals surface area contributed by atoms with Gasteiger partial charge in [0.1, 0.15) is 5.75 Å². The van der Waals surface area contributed by atoms with E-state index in [1.54, 1.807) is 12.1 Å². The van der Waals surface area contributed by atoms with Gasteiger partial charge in [0.2, 0.25) is 5.91 Å². The summed E-state index contributed by atoms with van der Waals surface area (Å²) >= 11 is 5.91. The van der Waals surface area contributed by atoms with Crippen molar-refractivity contribution in [2.75, 3.05) is 7.11 Å². The van der Waals surface area contributed by atoms with Crippen LogP contribution in [-0.4, -0.2) is 24.7 Å². The van der Waals surface area contributed by atoms with E-state index in [0.717, 1.165) is 19.3 Å². The van der Waals surface area contributed by atoms with Gasteiger partial charge >= 0.3 is 0 Å². The summed E-state index contributed by atoms with van der Waals surface area (Å²) in [7, 11) is 1.44. The summed E-state index contributed by atoms with van der Waals surface area (Å²) in [6.45, 7) is 0. The van der Waals surface area contributed by atoms with Crippen molar-refractivity contribution < 1.29 is 19.1 Å². The first-order valence-electron chi connectivity index (χ1n) is 9.55. The standard InChI is InChI=1S/C22H23ClN2O4/c1-29-20-10-8-17(23)13-18(20)22(28)25-24-21(27)11-9-19(26)16-7-6-14-4-2-3-5-15(14)12-16/h6-8,10,12-13H,2-5,9,11H2,1H3,(H,24,27)(H,25,28). The largest absolute Gasteiger partial charge is 0.496 e. The molecule has 7 heteroatoms. The Morgan fingerprint density at radius 2 is 1.72 bits per heavy atom. The van der Waals surface area contributed by atoms with Gasteiger partial charge in [0.15, 0.2) is 5.78 Å². The highest BCUT2D eigenvalue weighted by molar-refractivity contribution is 6.31. The molecule has 0 bridgehead atoms. The number of benzene rings is 2. The molecule has 152 valence electrons. The summed E-state index contributed by atoms with van der Waals surface area (Å²) in [5.74, 6) is -0.760. The normalized spacial score (nSPS) is 12.6. The maximum absolute atomic E-state index is 12.4. The number of halogens is 1. The third-order valence-electron chi connectivity index (χ3n) is 4.97. The molecular formula is C22H23ClN2O4. The van der Waals surface area contributed by atoms with Gasteiger partial charge in [0.05, 0.1) is 12.7 Å². The first kappa shape index (κ1) is 20.9. The topological polar surface area (TPSA) is 84.5 Å². The highest BCUT2D eigenvalue weighted by Crippen LogP contribution is 2.23. The molecular weight excluding hydrogens is 392 g/mol. The average molecular weight is 415 g/mol. The number of fused-ring (bicyclic) bond motifs is 1. The summed E-state index contributed by atoms with van der Waals surface area (Å²) < 4.78 is 5.12. The molecule has 2 N–H and O–H groups in total. The average Bonchev–Trinajstić information content (AvgIpc) is 2.75. The molecule has 0 atom stereocenters. The fourth-order valence-electron chi connectivity index (χ4n) is 3.39. The van der Waals surface area contributed by atoms with E-state index < -0.39 is 11.8 Å². The lowest BCUT2D eigenvalue weighted by atomic mass is 9.89. The maximum atomic E-state index is 12.4. The number of hydrazine groups is 1. The van der Waals surface area contributed by atoms with Gasteiger partial charge in [0.25, 0.3) is 5.91 Å². The van der Waals surface area contributed by atoms with Gasteiger partial charge in [-0.15, -0.1) is 0 Å². The zero-order valence-electron chi connectivity index (χ0n) is 16.2. The van der Waals surface area contributed by atoms with Crippen molar-refractivity contribution in [1.29, 1.82) is 0 Å². The van der Waals surface area contributed by atoms with Gasteiger partial charge in [-0.05, 0) is 61.1 Å². The number of aryl methyl sites for hydroxylation is 2. The van der Waals surface area contributed by atoms with Crippen LogP contribution in [0.4, 0.5) is 0 Å². The van der Waals surface area contributed by atoms with Gasteiger partial charge in [-0.2, -0.15) is 0 Å². The predicted octanol–water partition coefficient (Wildman–Crippen LogP) is 3.65. The third kappa shape index (κ3) is 5.35. The number of ketones is 1. The summed E-state index contributed by atoms with van der Waals surface area (Å²) in [5.41, 5.74) is 8.01. The van der Waals surface area contributed by atoms with E-state index in [1.807, 2.05) is 18.2 Å². The molecule has 0 aromatic heterocycles. The number of Topliss-reactive ketones (excluding diaryl/α,β-unsaturated/α-hetero) is 1. The second-order valence-corrected chi connectivity index (χ2v) is 7.40. The summed E-state index contributed by atoms with van der Waals surface area (Å²) in [6, 6.07) is 10.4. The second kappa shape index (κ2) is 9.56. The molecule has 6 nitrogen and oxygen atoms in total. The van der Waals surface area contributed by atoms with Crippen LogP contribution in [0.1, 0.15) is 57.5 Å². The Morgan fingerprint density at radius 3 is 2.48 bits per heavy atom. The molecule has 0 saturated carbocycles. The molecule has 2 aromatic rings. The van der Waals surface area contributed by atoms with Gasteiger partial charge in [-0.25, -0.2) is 0 Å². The number of hydrogen-bond acceptors (Lipinski definition) is 4. The number of carbonyl (C=O) groups is 3. The number of hydrogen-bond donors (Lipinski definition) is 2. The van der Waals surface area contributed by atoms with Crippen LogP contribution in [0.5, 0.6) is 5.75 Å². The van der Waals surface area contributed by atoms with E-state index in [2.05, 4.69) is 10.9 Å². The number of rotatable bonds is 6. The monoisotopic (exact) mass is 414 g/mol. The Kier molecular flexibility index (Phi) is 6.88. The van der Waals surface area contributed by atoms with Crippen molar-refractivity contribution in [3.63, 3.8) is 0 Å². The summed E-state index contributed by atoms with van der Waals surface area (Å²) in [5, 5.41) is 0.373. The number of nitrogens with one attached hydrogen (secondary N) is 2. The minimum atomic E-state index is -0.557.